The molecule has 3 aromatic rings. The second-order valence-corrected chi connectivity index (χ2v) is 12.7. The molecule has 5 heterocycles. The molecule has 2 amide bonds. The van der Waals surface area contributed by atoms with E-state index >= 15 is 4.39 Å². The van der Waals surface area contributed by atoms with E-state index in [-0.39, 0.29) is 24.1 Å². The summed E-state index contributed by atoms with van der Waals surface area (Å²) in [6, 6.07) is 13.7. The molecule has 4 aliphatic heterocycles. The molecule has 3 saturated heterocycles. The average Bonchev–Trinajstić information content (AvgIpc) is 3.06. The number of hydrogen-bond donors (Lipinski definition) is 3. The Balaban J connectivity index is 0.858. The summed E-state index contributed by atoms with van der Waals surface area (Å²) < 4.78 is 15.1. The number of fused-ring (bicyclic) bond motifs is 1. The van der Waals surface area contributed by atoms with Crippen molar-refractivity contribution in [3.8, 4) is 0 Å². The van der Waals surface area contributed by atoms with Gasteiger partial charge in [-0.15, -0.1) is 0 Å². The van der Waals surface area contributed by atoms with Crippen LogP contribution in [0.4, 0.5) is 27.4 Å². The topological polar surface area (TPSA) is 106 Å². The van der Waals surface area contributed by atoms with Gasteiger partial charge < -0.3 is 20.4 Å². The molecule has 0 aliphatic carbocycles. The molecular weight excluding hydrogens is 571 g/mol. The summed E-state index contributed by atoms with van der Waals surface area (Å²) in [4.78, 5) is 40.0. The van der Waals surface area contributed by atoms with Gasteiger partial charge in [0.1, 0.15) is 5.82 Å². The number of hydrogen-bond acceptors (Lipinski definition) is 9. The summed E-state index contributed by atoms with van der Waals surface area (Å²) >= 11 is 0. The van der Waals surface area contributed by atoms with Crippen LogP contribution in [0, 0.1) is 11.7 Å². The van der Waals surface area contributed by atoms with E-state index in [4.69, 9.17) is 0 Å². The molecule has 3 fully saturated rings. The Hall–Kier alpha value is -4.09. The smallest absolute Gasteiger partial charge is 0.234 e. The average molecular weight is 613 g/mol. The number of nitrogens with one attached hydrogen (secondary N) is 3. The van der Waals surface area contributed by atoms with Gasteiger partial charge in [0.05, 0.1) is 17.3 Å². The van der Waals surface area contributed by atoms with Crippen LogP contribution in [-0.4, -0.2) is 79.0 Å². The van der Waals surface area contributed by atoms with Gasteiger partial charge in [-0.3, -0.25) is 19.8 Å². The van der Waals surface area contributed by atoms with E-state index in [1.54, 1.807) is 6.07 Å². The number of carbonyl (C=O) groups excluding carboxylic acids is 2. The van der Waals surface area contributed by atoms with Gasteiger partial charge in [0.2, 0.25) is 17.8 Å². The van der Waals surface area contributed by atoms with E-state index in [2.05, 4.69) is 64.9 Å². The van der Waals surface area contributed by atoms with E-state index < -0.39 is 5.92 Å². The molecule has 0 radical (unpaired) electrons. The maximum atomic E-state index is 15.1. The number of rotatable bonds is 7. The summed E-state index contributed by atoms with van der Waals surface area (Å²) in [7, 11) is 0. The highest BCUT2D eigenvalue weighted by Crippen LogP contribution is 2.30. The van der Waals surface area contributed by atoms with Gasteiger partial charge >= 0.3 is 0 Å². The van der Waals surface area contributed by atoms with Crippen molar-refractivity contribution in [3.63, 3.8) is 0 Å². The minimum Gasteiger partial charge on any atom is -0.372 e. The number of anilines is 4. The van der Waals surface area contributed by atoms with Gasteiger partial charge in [-0.25, -0.2) is 14.4 Å². The third-order valence-electron chi connectivity index (χ3n) is 9.76. The number of imide groups is 1. The van der Waals surface area contributed by atoms with Crippen LogP contribution in [0.25, 0.3) is 0 Å². The van der Waals surface area contributed by atoms with Crippen LogP contribution in [0.1, 0.15) is 48.4 Å². The second-order valence-electron chi connectivity index (χ2n) is 12.7. The Bertz CT molecular complexity index is 1530. The van der Waals surface area contributed by atoms with Crippen LogP contribution < -0.4 is 25.8 Å². The van der Waals surface area contributed by atoms with Gasteiger partial charge in [0, 0.05) is 76.4 Å². The quantitative estimate of drug-likeness (QED) is 0.346. The monoisotopic (exact) mass is 612 g/mol. The van der Waals surface area contributed by atoms with E-state index in [0.717, 1.165) is 89.5 Å². The summed E-state index contributed by atoms with van der Waals surface area (Å²) in [5, 5.41) is 9.08. The Morgan fingerprint density at radius 1 is 0.911 bits per heavy atom. The molecule has 10 nitrogen and oxygen atoms in total. The third-order valence-corrected chi connectivity index (χ3v) is 9.76. The lowest BCUT2D eigenvalue weighted by molar-refractivity contribution is -0.134. The molecule has 0 bridgehead atoms. The molecule has 45 heavy (non-hydrogen) atoms. The van der Waals surface area contributed by atoms with Gasteiger partial charge in [0.25, 0.3) is 0 Å². The lowest BCUT2D eigenvalue weighted by atomic mass is 9.90. The Morgan fingerprint density at radius 3 is 2.47 bits per heavy atom. The number of nitrogens with zero attached hydrogens (tertiary/aromatic N) is 5. The molecule has 2 aromatic carbocycles. The molecule has 11 heteroatoms. The molecule has 236 valence electrons. The third kappa shape index (κ3) is 6.79. The lowest BCUT2D eigenvalue weighted by Gasteiger charge is -2.40. The van der Waals surface area contributed by atoms with Crippen LogP contribution in [0.3, 0.4) is 0 Å². The maximum Gasteiger partial charge on any atom is 0.234 e. The van der Waals surface area contributed by atoms with Crippen LogP contribution in [0.5, 0.6) is 0 Å². The fourth-order valence-corrected chi connectivity index (χ4v) is 7.10. The van der Waals surface area contributed by atoms with Crippen molar-refractivity contribution in [2.45, 2.75) is 44.6 Å². The van der Waals surface area contributed by atoms with E-state index in [0.29, 0.717) is 29.5 Å². The first-order valence-electron chi connectivity index (χ1n) is 16.3. The standard InChI is InChI=1S/C34H41FN8O2/c35-29-19-24(28-6-8-32(44)40-33(28)45)1-7-31(29)43-17-15-41(16-18-43)22-23-10-13-42(14-11-23)27-4-2-26(3-5-27)38-34-37-20-25-9-12-36-21-30(25)39-34/h1-5,7,19-20,23,28,36H,6,8-18,21-22H2,(H,37,38,39)(H,40,44,45). The van der Waals surface area contributed by atoms with Gasteiger partial charge in [-0.05, 0) is 85.7 Å². The Labute approximate surface area is 263 Å². The Morgan fingerprint density at radius 2 is 1.71 bits per heavy atom. The van der Waals surface area contributed by atoms with Crippen molar-refractivity contribution in [2.24, 2.45) is 5.92 Å². The molecule has 1 atom stereocenters. The molecule has 0 saturated carbocycles. The fraction of sp³-hybridized carbons (Fsp3) is 0.471. The van der Waals surface area contributed by atoms with Crippen LogP contribution >= 0.6 is 0 Å². The predicted molar refractivity (Wildman–Crippen MR) is 172 cm³/mol. The summed E-state index contributed by atoms with van der Waals surface area (Å²) in [5.41, 5.74) is 5.76. The minimum atomic E-state index is -0.469. The number of carbonyl (C=O) groups is 2. The van der Waals surface area contributed by atoms with Crippen LogP contribution in [0.15, 0.2) is 48.7 Å². The van der Waals surface area contributed by atoms with Crippen molar-refractivity contribution in [1.29, 1.82) is 0 Å². The van der Waals surface area contributed by atoms with Gasteiger partial charge in [-0.1, -0.05) is 6.07 Å². The van der Waals surface area contributed by atoms with Gasteiger partial charge in [0.15, 0.2) is 0 Å². The summed E-state index contributed by atoms with van der Waals surface area (Å²) in [6.45, 7) is 8.32. The zero-order valence-electron chi connectivity index (χ0n) is 25.6. The summed E-state index contributed by atoms with van der Waals surface area (Å²) in [5.74, 6) is -0.0622. The molecule has 7 rings (SSSR count). The molecule has 3 N–H and O–H groups in total. The molecular formula is C34H41FN8O2. The van der Waals surface area contributed by atoms with Crippen LogP contribution in [-0.2, 0) is 22.6 Å². The number of piperidine rings is 2. The highest BCUT2D eigenvalue weighted by atomic mass is 19.1. The van der Waals surface area contributed by atoms with E-state index in [1.165, 1.54) is 17.3 Å². The van der Waals surface area contributed by atoms with E-state index in [1.807, 2.05) is 12.3 Å². The van der Waals surface area contributed by atoms with Crippen LogP contribution in [0.2, 0.25) is 0 Å². The number of aromatic nitrogens is 2. The molecule has 4 aliphatic rings. The minimum absolute atomic E-state index is 0.258. The fourth-order valence-electron chi connectivity index (χ4n) is 7.10. The maximum absolute atomic E-state index is 15.1. The largest absolute Gasteiger partial charge is 0.372 e. The first kappa shape index (κ1) is 29.6. The van der Waals surface area contributed by atoms with Crippen molar-refractivity contribution >= 4 is 34.8 Å². The van der Waals surface area contributed by atoms with Crippen molar-refractivity contribution < 1.29 is 14.0 Å². The molecule has 1 unspecified atom stereocenters. The lowest BCUT2D eigenvalue weighted by Crippen LogP contribution is -2.49. The second kappa shape index (κ2) is 13.1. The SMILES string of the molecule is O=C1CCC(c2ccc(N3CCN(CC4CCN(c5ccc(Nc6ncc7c(n6)CNCC7)cc5)CC4)CC3)c(F)c2)C(=O)N1. The zero-order chi connectivity index (χ0) is 30.8. The van der Waals surface area contributed by atoms with Crippen molar-refractivity contribution in [3.05, 3.63) is 71.3 Å². The predicted octanol–water partition coefficient (Wildman–Crippen LogP) is 3.56. The Kier molecular flexibility index (Phi) is 8.62. The first-order chi connectivity index (χ1) is 22.0. The van der Waals surface area contributed by atoms with E-state index in [9.17, 15) is 9.59 Å². The van der Waals surface area contributed by atoms with Gasteiger partial charge in [-0.2, -0.15) is 0 Å². The summed E-state index contributed by atoms with van der Waals surface area (Å²) in [6.07, 6.45) is 5.95. The van der Waals surface area contributed by atoms with Crippen molar-refractivity contribution in [1.82, 2.24) is 25.5 Å². The normalized spacial score (nSPS) is 21.4. The molecule has 0 spiro atoms. The molecule has 1 aromatic heterocycles. The zero-order valence-corrected chi connectivity index (χ0v) is 25.6. The number of benzene rings is 2. The number of amides is 2. The highest BCUT2D eigenvalue weighted by molar-refractivity contribution is 6.00. The van der Waals surface area contributed by atoms with Crippen molar-refractivity contribution in [2.75, 3.05) is 67.5 Å². The highest BCUT2D eigenvalue weighted by Gasteiger charge is 2.30. The first-order valence-corrected chi connectivity index (χ1v) is 16.3. The number of piperazine rings is 1. The number of halogens is 1.